The minimum absolute atomic E-state index is 0.0181. The molecule has 20 heavy (non-hydrogen) atoms. The first-order valence-electron chi connectivity index (χ1n) is 6.81. The summed E-state index contributed by atoms with van der Waals surface area (Å²) in [6.07, 6.45) is 3.73. The van der Waals surface area contributed by atoms with Crippen LogP contribution in [0.15, 0.2) is 11.6 Å². The van der Waals surface area contributed by atoms with E-state index in [1.54, 1.807) is 17.5 Å². The molecule has 0 radical (unpaired) electrons. The summed E-state index contributed by atoms with van der Waals surface area (Å²) in [4.78, 5) is 16.3. The van der Waals surface area contributed by atoms with Crippen molar-refractivity contribution < 1.29 is 4.79 Å². The van der Waals surface area contributed by atoms with Crippen molar-refractivity contribution in [3.05, 3.63) is 33.5 Å². The van der Waals surface area contributed by atoms with Crippen molar-refractivity contribution in [2.75, 3.05) is 0 Å². The van der Waals surface area contributed by atoms with Gasteiger partial charge in [0.15, 0.2) is 0 Å². The lowest BCUT2D eigenvalue weighted by Gasteiger charge is -2.14. The van der Waals surface area contributed by atoms with E-state index in [0.717, 1.165) is 28.4 Å². The van der Waals surface area contributed by atoms with Gasteiger partial charge in [-0.15, -0.1) is 11.3 Å². The van der Waals surface area contributed by atoms with Crippen molar-refractivity contribution in [2.24, 2.45) is 0 Å². The first-order chi connectivity index (χ1) is 9.61. The summed E-state index contributed by atoms with van der Waals surface area (Å²) in [6, 6.07) is 0.0181. The fourth-order valence-corrected chi connectivity index (χ4v) is 2.80. The summed E-state index contributed by atoms with van der Waals surface area (Å²) < 4.78 is 0. The van der Waals surface area contributed by atoms with Crippen LogP contribution in [0.25, 0.3) is 0 Å². The third-order valence-electron chi connectivity index (χ3n) is 3.44. The second-order valence-electron chi connectivity index (χ2n) is 4.82. The average Bonchev–Trinajstić information content (AvgIpc) is 3.06. The Morgan fingerprint density at radius 3 is 2.85 bits per heavy atom. The molecule has 2 N–H and O–H groups in total. The second kappa shape index (κ2) is 6.65. The molecule has 2 aromatic rings. The number of aromatic nitrogens is 3. The van der Waals surface area contributed by atoms with Gasteiger partial charge in [-0.2, -0.15) is 5.10 Å². The van der Waals surface area contributed by atoms with E-state index in [1.807, 2.05) is 26.2 Å². The van der Waals surface area contributed by atoms with E-state index in [2.05, 4.69) is 20.5 Å². The lowest BCUT2D eigenvalue weighted by Crippen LogP contribution is -2.28. The van der Waals surface area contributed by atoms with Gasteiger partial charge in [0.25, 0.3) is 0 Å². The molecule has 0 aliphatic rings. The summed E-state index contributed by atoms with van der Waals surface area (Å²) in [5.74, 6) is 0.0482. The number of amides is 1. The largest absolute Gasteiger partial charge is 0.347 e. The molecule has 0 unspecified atom stereocenters. The van der Waals surface area contributed by atoms with Crippen LogP contribution >= 0.6 is 11.3 Å². The predicted octanol–water partition coefficient (Wildman–Crippen LogP) is 2.68. The van der Waals surface area contributed by atoms with Gasteiger partial charge < -0.3 is 5.32 Å². The number of nitrogens with zero attached hydrogens (tertiary/aromatic N) is 2. The van der Waals surface area contributed by atoms with Crippen molar-refractivity contribution >= 4 is 17.2 Å². The first kappa shape index (κ1) is 14.7. The van der Waals surface area contributed by atoms with E-state index in [4.69, 9.17) is 0 Å². The third-order valence-corrected chi connectivity index (χ3v) is 4.33. The fourth-order valence-electron chi connectivity index (χ4n) is 2.02. The Hall–Kier alpha value is -1.69. The molecule has 108 valence electrons. The Bertz CT molecular complexity index is 562. The highest BCUT2D eigenvalue weighted by Gasteiger charge is 2.15. The summed E-state index contributed by atoms with van der Waals surface area (Å²) in [7, 11) is 0. The van der Waals surface area contributed by atoms with Gasteiger partial charge in [-0.1, -0.05) is 6.92 Å². The molecular weight excluding hydrogens is 272 g/mol. The van der Waals surface area contributed by atoms with Crippen molar-refractivity contribution in [2.45, 2.75) is 46.1 Å². The van der Waals surface area contributed by atoms with Gasteiger partial charge in [0.1, 0.15) is 5.01 Å². The molecule has 2 rings (SSSR count). The summed E-state index contributed by atoms with van der Waals surface area (Å²) in [5.41, 5.74) is 3.18. The van der Waals surface area contributed by atoms with E-state index < -0.39 is 0 Å². The van der Waals surface area contributed by atoms with Crippen LogP contribution in [0, 0.1) is 13.8 Å². The molecule has 0 fully saturated rings. The Labute approximate surface area is 122 Å². The molecule has 0 aliphatic heterocycles. The van der Waals surface area contributed by atoms with Crippen LogP contribution in [-0.2, 0) is 11.2 Å². The quantitative estimate of drug-likeness (QED) is 0.860. The van der Waals surface area contributed by atoms with Gasteiger partial charge in [0.05, 0.1) is 11.7 Å². The van der Waals surface area contributed by atoms with Crippen molar-refractivity contribution in [1.82, 2.24) is 20.5 Å². The molecular formula is C14H20N4OS. The van der Waals surface area contributed by atoms with Crippen LogP contribution in [-0.4, -0.2) is 21.1 Å². The minimum atomic E-state index is 0.0181. The standard InChI is InChI=1S/C14H20N4OS/c1-4-11(14-15-7-8-20-14)16-13(19)6-5-12-9(2)10(3)17-18-12/h7-8,11H,4-6H2,1-3H3,(H,16,19)(H,17,18)/t11-/m0/s1. The van der Waals surface area contributed by atoms with Crippen LogP contribution in [0.3, 0.4) is 0 Å². The second-order valence-corrected chi connectivity index (χ2v) is 5.75. The lowest BCUT2D eigenvalue weighted by atomic mass is 10.1. The smallest absolute Gasteiger partial charge is 0.220 e. The molecule has 0 saturated heterocycles. The van der Waals surface area contributed by atoms with E-state index >= 15 is 0 Å². The molecule has 5 nitrogen and oxygen atoms in total. The maximum absolute atomic E-state index is 12.0. The van der Waals surface area contributed by atoms with Crippen LogP contribution in [0.5, 0.6) is 0 Å². The monoisotopic (exact) mass is 292 g/mol. The normalized spacial score (nSPS) is 12.3. The fraction of sp³-hybridized carbons (Fsp3) is 0.500. The van der Waals surface area contributed by atoms with E-state index in [9.17, 15) is 4.79 Å². The number of carbonyl (C=O) groups excluding carboxylic acids is 1. The Morgan fingerprint density at radius 2 is 2.30 bits per heavy atom. The zero-order chi connectivity index (χ0) is 14.5. The third kappa shape index (κ3) is 3.45. The molecule has 0 saturated carbocycles. The number of hydrogen-bond donors (Lipinski definition) is 2. The number of hydrogen-bond acceptors (Lipinski definition) is 4. The Balaban J connectivity index is 1.87. The van der Waals surface area contributed by atoms with Gasteiger partial charge in [0.2, 0.25) is 5.91 Å². The number of nitrogens with one attached hydrogen (secondary N) is 2. The highest BCUT2D eigenvalue weighted by molar-refractivity contribution is 7.09. The summed E-state index contributed by atoms with van der Waals surface area (Å²) in [6.45, 7) is 6.06. The van der Waals surface area contributed by atoms with Crippen molar-refractivity contribution in [1.29, 1.82) is 0 Å². The van der Waals surface area contributed by atoms with Gasteiger partial charge in [-0.25, -0.2) is 4.98 Å². The maximum Gasteiger partial charge on any atom is 0.220 e. The number of aryl methyl sites for hydroxylation is 2. The van der Waals surface area contributed by atoms with Gasteiger partial charge >= 0.3 is 0 Å². The molecule has 0 bridgehead atoms. The minimum Gasteiger partial charge on any atom is -0.347 e. The number of rotatable bonds is 6. The van der Waals surface area contributed by atoms with Gasteiger partial charge in [-0.05, 0) is 25.8 Å². The summed E-state index contributed by atoms with van der Waals surface area (Å²) in [5, 5.41) is 13.1. The topological polar surface area (TPSA) is 70.7 Å². The highest BCUT2D eigenvalue weighted by atomic mass is 32.1. The van der Waals surface area contributed by atoms with Gasteiger partial charge in [0, 0.05) is 30.1 Å². The number of H-pyrrole nitrogens is 1. The van der Waals surface area contributed by atoms with Crippen LogP contribution in [0.2, 0.25) is 0 Å². The SMILES string of the molecule is CC[C@H](NC(=O)CCc1n[nH]c(C)c1C)c1nccs1. The Morgan fingerprint density at radius 1 is 1.50 bits per heavy atom. The summed E-state index contributed by atoms with van der Waals surface area (Å²) >= 11 is 1.57. The number of aromatic amines is 1. The lowest BCUT2D eigenvalue weighted by molar-refractivity contribution is -0.121. The van der Waals surface area contributed by atoms with E-state index in [1.165, 1.54) is 0 Å². The Kier molecular flexibility index (Phi) is 4.89. The molecule has 0 spiro atoms. The molecule has 0 aromatic carbocycles. The zero-order valence-electron chi connectivity index (χ0n) is 12.1. The highest BCUT2D eigenvalue weighted by Crippen LogP contribution is 2.19. The predicted molar refractivity (Wildman–Crippen MR) is 79.7 cm³/mol. The van der Waals surface area contributed by atoms with E-state index in [0.29, 0.717) is 12.8 Å². The van der Waals surface area contributed by atoms with Crippen LogP contribution in [0.4, 0.5) is 0 Å². The molecule has 0 aliphatic carbocycles. The molecule has 2 aromatic heterocycles. The number of thiazole rings is 1. The number of carbonyl (C=O) groups is 1. The van der Waals surface area contributed by atoms with Crippen LogP contribution in [0.1, 0.15) is 47.8 Å². The van der Waals surface area contributed by atoms with E-state index in [-0.39, 0.29) is 11.9 Å². The first-order valence-corrected chi connectivity index (χ1v) is 7.69. The van der Waals surface area contributed by atoms with Crippen molar-refractivity contribution in [3.63, 3.8) is 0 Å². The van der Waals surface area contributed by atoms with Crippen molar-refractivity contribution in [3.8, 4) is 0 Å². The maximum atomic E-state index is 12.0. The molecule has 1 amide bonds. The van der Waals surface area contributed by atoms with Crippen LogP contribution < -0.4 is 5.32 Å². The molecule has 6 heteroatoms. The van der Waals surface area contributed by atoms with Gasteiger partial charge in [-0.3, -0.25) is 9.89 Å². The molecule has 2 heterocycles. The zero-order valence-corrected chi connectivity index (χ0v) is 12.9. The molecule has 1 atom stereocenters. The average molecular weight is 292 g/mol.